The summed E-state index contributed by atoms with van der Waals surface area (Å²) in [4.78, 5) is 12.5. The third kappa shape index (κ3) is 5.33. The number of aryl methyl sites for hydroxylation is 1. The van der Waals surface area contributed by atoms with Gasteiger partial charge in [-0.15, -0.1) is 0 Å². The van der Waals surface area contributed by atoms with Crippen molar-refractivity contribution in [2.75, 3.05) is 6.61 Å². The fourth-order valence-electron chi connectivity index (χ4n) is 3.45. The molecule has 2 atom stereocenters. The highest BCUT2D eigenvalue weighted by atomic mass is 35.5. The smallest absolute Gasteiger partial charge is 0.408 e. The summed E-state index contributed by atoms with van der Waals surface area (Å²) in [5.74, 6) is -0.312. The second kappa shape index (κ2) is 8.57. The molecule has 2 unspecified atom stereocenters. The summed E-state index contributed by atoms with van der Waals surface area (Å²) in [6, 6.07) is 11.4. The van der Waals surface area contributed by atoms with Crippen LogP contribution < -0.4 is 5.32 Å². The third-order valence-corrected chi connectivity index (χ3v) is 6.50. The molecule has 0 heterocycles. The summed E-state index contributed by atoms with van der Waals surface area (Å²) in [7, 11) is -3.92. The van der Waals surface area contributed by atoms with Gasteiger partial charge in [-0.2, -0.15) is 8.42 Å². The van der Waals surface area contributed by atoms with Crippen LogP contribution in [0.15, 0.2) is 47.4 Å². The van der Waals surface area contributed by atoms with Crippen molar-refractivity contribution < 1.29 is 22.1 Å². The standard InChI is InChI=1S/C22H26ClNO5S/c1-14-8-10-16(11-9-14)30(26,27)28-13-15-12-18-17(6-5-7-19(18)23)20(15)24-21(25)29-22(2,3)4/h5-11,15,20H,12-13H2,1-4H3,(H,24,25). The van der Waals surface area contributed by atoms with Gasteiger partial charge in [-0.05, 0) is 63.4 Å². The van der Waals surface area contributed by atoms with E-state index in [1.165, 1.54) is 12.1 Å². The van der Waals surface area contributed by atoms with Gasteiger partial charge in [-0.3, -0.25) is 4.18 Å². The highest BCUT2D eigenvalue weighted by molar-refractivity contribution is 7.86. The largest absolute Gasteiger partial charge is 0.444 e. The second-order valence-electron chi connectivity index (χ2n) is 8.45. The van der Waals surface area contributed by atoms with E-state index < -0.39 is 27.9 Å². The Bertz CT molecular complexity index is 1030. The summed E-state index contributed by atoms with van der Waals surface area (Å²) in [5.41, 5.74) is 2.02. The molecule has 0 aliphatic heterocycles. The zero-order valence-corrected chi connectivity index (χ0v) is 19.0. The molecule has 0 spiro atoms. The summed E-state index contributed by atoms with van der Waals surface area (Å²) in [6.07, 6.45) is -0.0921. The van der Waals surface area contributed by atoms with Gasteiger partial charge in [-0.1, -0.05) is 41.4 Å². The average molecular weight is 452 g/mol. The zero-order valence-electron chi connectivity index (χ0n) is 17.4. The fraction of sp³-hybridized carbons (Fsp3) is 0.409. The Morgan fingerprint density at radius 2 is 1.83 bits per heavy atom. The summed E-state index contributed by atoms with van der Waals surface area (Å²) < 4.78 is 35.9. The molecule has 1 aliphatic rings. The van der Waals surface area contributed by atoms with E-state index in [1.54, 1.807) is 45.0 Å². The molecule has 0 saturated heterocycles. The number of halogens is 1. The van der Waals surface area contributed by atoms with E-state index in [9.17, 15) is 13.2 Å². The van der Waals surface area contributed by atoms with Crippen molar-refractivity contribution in [3.05, 3.63) is 64.2 Å². The van der Waals surface area contributed by atoms with Gasteiger partial charge in [-0.25, -0.2) is 4.79 Å². The van der Waals surface area contributed by atoms with Gasteiger partial charge in [0, 0.05) is 10.9 Å². The zero-order chi connectivity index (χ0) is 22.1. The lowest BCUT2D eigenvalue weighted by atomic mass is 10.0. The van der Waals surface area contributed by atoms with Crippen molar-refractivity contribution in [2.24, 2.45) is 5.92 Å². The minimum absolute atomic E-state index is 0.0956. The van der Waals surface area contributed by atoms with Crippen molar-refractivity contribution in [3.63, 3.8) is 0 Å². The molecule has 1 N–H and O–H groups in total. The first-order chi connectivity index (χ1) is 14.0. The van der Waals surface area contributed by atoms with Crippen molar-refractivity contribution in [2.45, 2.75) is 50.7 Å². The predicted octanol–water partition coefficient (Wildman–Crippen LogP) is 4.79. The van der Waals surface area contributed by atoms with Gasteiger partial charge in [0.05, 0.1) is 17.5 Å². The molecule has 0 bridgehead atoms. The third-order valence-electron chi connectivity index (χ3n) is 4.85. The lowest BCUT2D eigenvalue weighted by Crippen LogP contribution is -2.37. The van der Waals surface area contributed by atoms with Crippen LogP contribution in [-0.4, -0.2) is 26.7 Å². The van der Waals surface area contributed by atoms with Crippen LogP contribution in [0.25, 0.3) is 0 Å². The number of nitrogens with one attached hydrogen (secondary N) is 1. The Labute approximate surface area is 182 Å². The first-order valence-corrected chi connectivity index (χ1v) is 11.5. The monoisotopic (exact) mass is 451 g/mol. The number of carbonyl (C=O) groups excluding carboxylic acids is 1. The minimum atomic E-state index is -3.92. The van der Waals surface area contributed by atoms with Gasteiger partial charge in [0.25, 0.3) is 10.1 Å². The Morgan fingerprint density at radius 3 is 2.47 bits per heavy atom. The topological polar surface area (TPSA) is 81.7 Å². The first-order valence-electron chi connectivity index (χ1n) is 9.69. The number of carbonyl (C=O) groups is 1. The molecule has 2 aromatic rings. The van der Waals surface area contributed by atoms with Crippen LogP contribution in [0, 0.1) is 12.8 Å². The number of hydrogen-bond donors (Lipinski definition) is 1. The normalized spacial score (nSPS) is 18.7. The molecule has 2 aromatic carbocycles. The van der Waals surface area contributed by atoms with Crippen molar-refractivity contribution in [1.29, 1.82) is 0 Å². The van der Waals surface area contributed by atoms with E-state index >= 15 is 0 Å². The molecular formula is C22H26ClNO5S. The maximum Gasteiger partial charge on any atom is 0.408 e. The van der Waals surface area contributed by atoms with E-state index in [-0.39, 0.29) is 17.4 Å². The number of benzene rings is 2. The van der Waals surface area contributed by atoms with E-state index in [4.69, 9.17) is 20.5 Å². The SMILES string of the molecule is Cc1ccc(S(=O)(=O)OCC2Cc3c(Cl)cccc3C2NC(=O)OC(C)(C)C)cc1. The summed E-state index contributed by atoms with van der Waals surface area (Å²) in [6.45, 7) is 7.12. The van der Waals surface area contributed by atoms with Crippen molar-refractivity contribution in [3.8, 4) is 0 Å². The summed E-state index contributed by atoms with van der Waals surface area (Å²) >= 11 is 6.34. The van der Waals surface area contributed by atoms with Crippen LogP contribution in [0.5, 0.6) is 0 Å². The first kappa shape index (κ1) is 22.6. The number of amides is 1. The number of ether oxygens (including phenoxy) is 1. The highest BCUT2D eigenvalue weighted by Crippen LogP contribution is 2.40. The molecule has 0 radical (unpaired) electrons. The van der Waals surface area contributed by atoms with E-state index in [1.807, 2.05) is 13.0 Å². The van der Waals surface area contributed by atoms with Crippen LogP contribution in [0.2, 0.25) is 5.02 Å². The lowest BCUT2D eigenvalue weighted by molar-refractivity contribution is 0.0481. The fourth-order valence-corrected chi connectivity index (χ4v) is 4.67. The Kier molecular flexibility index (Phi) is 6.45. The van der Waals surface area contributed by atoms with Crippen LogP contribution >= 0.6 is 11.6 Å². The maximum absolute atomic E-state index is 12.6. The molecule has 8 heteroatoms. The van der Waals surface area contributed by atoms with Gasteiger partial charge in [0.2, 0.25) is 0 Å². The Morgan fingerprint density at radius 1 is 1.17 bits per heavy atom. The average Bonchev–Trinajstić information content (AvgIpc) is 2.98. The van der Waals surface area contributed by atoms with Gasteiger partial charge >= 0.3 is 6.09 Å². The predicted molar refractivity (Wildman–Crippen MR) is 115 cm³/mol. The number of hydrogen-bond acceptors (Lipinski definition) is 5. The molecule has 6 nitrogen and oxygen atoms in total. The van der Waals surface area contributed by atoms with Crippen LogP contribution in [0.1, 0.15) is 43.5 Å². The highest BCUT2D eigenvalue weighted by Gasteiger charge is 2.37. The molecule has 0 aromatic heterocycles. The lowest BCUT2D eigenvalue weighted by Gasteiger charge is -2.25. The number of alkyl carbamates (subject to hydrolysis) is 1. The van der Waals surface area contributed by atoms with Crippen LogP contribution in [-0.2, 0) is 25.5 Å². The molecule has 0 saturated carbocycles. The summed E-state index contributed by atoms with van der Waals surface area (Å²) in [5, 5.41) is 3.43. The number of rotatable bonds is 5. The van der Waals surface area contributed by atoms with Gasteiger partial charge < -0.3 is 10.1 Å². The van der Waals surface area contributed by atoms with E-state index in [0.717, 1.165) is 16.7 Å². The van der Waals surface area contributed by atoms with E-state index in [0.29, 0.717) is 11.4 Å². The molecular weight excluding hydrogens is 426 g/mol. The molecule has 1 aliphatic carbocycles. The van der Waals surface area contributed by atoms with Crippen LogP contribution in [0.3, 0.4) is 0 Å². The van der Waals surface area contributed by atoms with Gasteiger partial charge in [0.15, 0.2) is 0 Å². The molecule has 3 rings (SSSR count). The van der Waals surface area contributed by atoms with Crippen molar-refractivity contribution in [1.82, 2.24) is 5.32 Å². The minimum Gasteiger partial charge on any atom is -0.444 e. The molecule has 0 fully saturated rings. The number of fused-ring (bicyclic) bond motifs is 1. The Hall–Kier alpha value is -2.09. The molecule has 1 amide bonds. The van der Waals surface area contributed by atoms with Crippen molar-refractivity contribution >= 4 is 27.8 Å². The quantitative estimate of drug-likeness (QED) is 0.661. The maximum atomic E-state index is 12.6. The second-order valence-corrected chi connectivity index (χ2v) is 10.5. The molecule has 30 heavy (non-hydrogen) atoms. The van der Waals surface area contributed by atoms with E-state index in [2.05, 4.69) is 5.32 Å². The molecule has 162 valence electrons. The van der Waals surface area contributed by atoms with Crippen LogP contribution in [0.4, 0.5) is 4.79 Å². The van der Waals surface area contributed by atoms with Gasteiger partial charge in [0.1, 0.15) is 5.60 Å². The Balaban J connectivity index is 1.79.